The molecule has 0 aliphatic carbocycles. The molecule has 0 spiro atoms. The zero-order chi connectivity index (χ0) is 17.5. The van der Waals surface area contributed by atoms with Gasteiger partial charge in [-0.25, -0.2) is 4.39 Å². The Morgan fingerprint density at radius 3 is 2.38 bits per heavy atom. The molecule has 7 heteroatoms. The van der Waals surface area contributed by atoms with E-state index in [2.05, 4.69) is 0 Å². The summed E-state index contributed by atoms with van der Waals surface area (Å²) in [6.07, 6.45) is 0.158. The van der Waals surface area contributed by atoms with Gasteiger partial charge in [-0.2, -0.15) is 0 Å². The van der Waals surface area contributed by atoms with E-state index in [0.717, 1.165) is 0 Å². The number of likely N-dealkylation sites (N-methyl/N-ethyl adjacent to an activating group) is 1. The maximum absolute atomic E-state index is 12.8. The predicted octanol–water partition coefficient (Wildman–Crippen LogP) is 2.81. The quantitative estimate of drug-likeness (QED) is 0.577. The van der Waals surface area contributed by atoms with Crippen LogP contribution in [0.2, 0.25) is 0 Å². The van der Waals surface area contributed by atoms with Crippen LogP contribution < -0.4 is 4.74 Å². The third-order valence-corrected chi connectivity index (χ3v) is 3.44. The fourth-order valence-corrected chi connectivity index (χ4v) is 2.00. The minimum Gasteiger partial charge on any atom is -0.492 e. The lowest BCUT2D eigenvalue weighted by atomic mass is 10.1. The van der Waals surface area contributed by atoms with Crippen LogP contribution in [0.5, 0.6) is 5.75 Å². The molecule has 2 aromatic carbocycles. The second-order valence-corrected chi connectivity index (χ2v) is 5.22. The van der Waals surface area contributed by atoms with E-state index in [4.69, 9.17) is 4.74 Å². The molecule has 24 heavy (non-hydrogen) atoms. The zero-order valence-electron chi connectivity index (χ0n) is 13.1. The number of rotatable bonds is 7. The van der Waals surface area contributed by atoms with Gasteiger partial charge in [0.15, 0.2) is 0 Å². The van der Waals surface area contributed by atoms with Gasteiger partial charge < -0.3 is 9.64 Å². The number of carbonyl (C=O) groups is 1. The molecule has 126 valence electrons. The summed E-state index contributed by atoms with van der Waals surface area (Å²) in [5.74, 6) is 0.0805. The van der Waals surface area contributed by atoms with Gasteiger partial charge in [0.2, 0.25) is 5.91 Å². The lowest BCUT2D eigenvalue weighted by molar-refractivity contribution is -0.384. The van der Waals surface area contributed by atoms with Crippen LogP contribution in [0.15, 0.2) is 48.5 Å². The monoisotopic (exact) mass is 332 g/mol. The summed E-state index contributed by atoms with van der Waals surface area (Å²) in [6, 6.07) is 11.5. The molecule has 0 heterocycles. The summed E-state index contributed by atoms with van der Waals surface area (Å²) in [6.45, 7) is 0.664. The van der Waals surface area contributed by atoms with E-state index >= 15 is 0 Å². The minimum atomic E-state index is -0.482. The van der Waals surface area contributed by atoms with Gasteiger partial charge in [0.1, 0.15) is 18.2 Å². The Bertz CT molecular complexity index is 702. The Balaban J connectivity index is 1.79. The maximum Gasteiger partial charge on any atom is 0.269 e. The molecule has 0 aromatic heterocycles. The average molecular weight is 332 g/mol. The number of nitro benzene ring substituents is 1. The Hall–Kier alpha value is -2.96. The smallest absolute Gasteiger partial charge is 0.269 e. The van der Waals surface area contributed by atoms with Gasteiger partial charge >= 0.3 is 0 Å². The van der Waals surface area contributed by atoms with Gasteiger partial charge in [0.25, 0.3) is 5.69 Å². The number of benzene rings is 2. The summed E-state index contributed by atoms with van der Waals surface area (Å²) < 4.78 is 18.2. The largest absolute Gasteiger partial charge is 0.492 e. The van der Waals surface area contributed by atoms with Crippen molar-refractivity contribution in [2.24, 2.45) is 0 Å². The first kappa shape index (κ1) is 17.4. The molecule has 0 fully saturated rings. The third kappa shape index (κ3) is 5.05. The van der Waals surface area contributed by atoms with Crippen LogP contribution >= 0.6 is 0 Å². The summed E-state index contributed by atoms with van der Waals surface area (Å²) in [7, 11) is 1.65. The van der Waals surface area contributed by atoms with Crippen molar-refractivity contribution in [3.8, 4) is 5.75 Å². The fraction of sp³-hybridized carbons (Fsp3) is 0.235. The van der Waals surface area contributed by atoms with E-state index in [9.17, 15) is 19.3 Å². The standard InChI is InChI=1S/C17H17FN2O4/c1-19(10-11-24-16-8-4-14(18)5-9-16)17(21)12-13-2-6-15(7-3-13)20(22)23/h2-9H,10-12H2,1H3. The molecule has 0 aliphatic rings. The van der Waals surface area contributed by atoms with Crippen LogP contribution in [0.25, 0.3) is 0 Å². The number of non-ortho nitro benzene ring substituents is 1. The van der Waals surface area contributed by atoms with Gasteiger partial charge in [-0.3, -0.25) is 14.9 Å². The van der Waals surface area contributed by atoms with Crippen molar-refractivity contribution >= 4 is 11.6 Å². The van der Waals surface area contributed by atoms with E-state index in [-0.39, 0.29) is 30.4 Å². The molecule has 0 radical (unpaired) electrons. The molecule has 0 saturated carbocycles. The molecular weight excluding hydrogens is 315 g/mol. The van der Waals surface area contributed by atoms with Crippen LogP contribution in [0.3, 0.4) is 0 Å². The number of amides is 1. The molecular formula is C17H17FN2O4. The molecule has 2 rings (SSSR count). The van der Waals surface area contributed by atoms with E-state index < -0.39 is 4.92 Å². The molecule has 0 aliphatic heterocycles. The first-order chi connectivity index (χ1) is 11.5. The van der Waals surface area contributed by atoms with E-state index in [1.807, 2.05) is 0 Å². The molecule has 0 atom stereocenters. The average Bonchev–Trinajstić information content (AvgIpc) is 2.57. The number of hydrogen-bond donors (Lipinski definition) is 0. The number of halogens is 1. The number of hydrogen-bond acceptors (Lipinski definition) is 4. The van der Waals surface area contributed by atoms with Crippen LogP contribution in [-0.2, 0) is 11.2 Å². The Morgan fingerprint density at radius 1 is 1.17 bits per heavy atom. The second-order valence-electron chi connectivity index (χ2n) is 5.22. The lowest BCUT2D eigenvalue weighted by Gasteiger charge is -2.17. The number of carbonyl (C=O) groups excluding carboxylic acids is 1. The van der Waals surface area contributed by atoms with Crippen molar-refractivity contribution in [3.63, 3.8) is 0 Å². The van der Waals surface area contributed by atoms with Crippen molar-refractivity contribution in [1.29, 1.82) is 0 Å². The zero-order valence-corrected chi connectivity index (χ0v) is 13.1. The van der Waals surface area contributed by atoms with Crippen molar-refractivity contribution in [2.45, 2.75) is 6.42 Å². The fourth-order valence-electron chi connectivity index (χ4n) is 2.00. The normalized spacial score (nSPS) is 10.2. The van der Waals surface area contributed by atoms with Crippen LogP contribution in [0, 0.1) is 15.9 Å². The van der Waals surface area contributed by atoms with Gasteiger partial charge in [-0.05, 0) is 29.8 Å². The van der Waals surface area contributed by atoms with Crippen molar-refractivity contribution in [2.75, 3.05) is 20.2 Å². The number of nitrogens with zero attached hydrogens (tertiary/aromatic N) is 2. The molecule has 0 bridgehead atoms. The van der Waals surface area contributed by atoms with Gasteiger partial charge in [-0.15, -0.1) is 0 Å². The summed E-state index contributed by atoms with van der Waals surface area (Å²) in [4.78, 5) is 23.7. The Morgan fingerprint density at radius 2 is 1.79 bits per heavy atom. The molecule has 0 saturated heterocycles. The van der Waals surface area contributed by atoms with E-state index in [1.165, 1.54) is 41.3 Å². The number of ether oxygens (including phenoxy) is 1. The molecule has 0 N–H and O–H groups in total. The second kappa shape index (κ2) is 8.05. The summed E-state index contributed by atoms with van der Waals surface area (Å²) in [5, 5.41) is 10.6. The highest BCUT2D eigenvalue weighted by atomic mass is 19.1. The lowest BCUT2D eigenvalue weighted by Crippen LogP contribution is -2.32. The highest BCUT2D eigenvalue weighted by molar-refractivity contribution is 5.78. The first-order valence-corrected chi connectivity index (χ1v) is 7.31. The van der Waals surface area contributed by atoms with E-state index in [1.54, 1.807) is 19.2 Å². The maximum atomic E-state index is 12.8. The van der Waals surface area contributed by atoms with Crippen LogP contribution in [0.1, 0.15) is 5.56 Å². The number of nitro groups is 1. The SMILES string of the molecule is CN(CCOc1ccc(F)cc1)C(=O)Cc1ccc([N+](=O)[O-])cc1. The van der Waals surface area contributed by atoms with Crippen molar-refractivity contribution in [3.05, 3.63) is 70.0 Å². The topological polar surface area (TPSA) is 72.7 Å². The van der Waals surface area contributed by atoms with Crippen LogP contribution in [0.4, 0.5) is 10.1 Å². The minimum absolute atomic E-state index is 0.00717. The first-order valence-electron chi connectivity index (χ1n) is 7.31. The molecule has 0 unspecified atom stereocenters. The Labute approximate surface area is 138 Å². The summed E-state index contributed by atoms with van der Waals surface area (Å²) >= 11 is 0. The van der Waals surface area contributed by atoms with E-state index in [0.29, 0.717) is 17.9 Å². The Kier molecular flexibility index (Phi) is 5.83. The van der Waals surface area contributed by atoms with Gasteiger partial charge in [0, 0.05) is 19.2 Å². The molecule has 1 amide bonds. The van der Waals surface area contributed by atoms with Crippen molar-refractivity contribution < 1.29 is 18.8 Å². The highest BCUT2D eigenvalue weighted by Gasteiger charge is 2.11. The molecule has 6 nitrogen and oxygen atoms in total. The highest BCUT2D eigenvalue weighted by Crippen LogP contribution is 2.13. The molecule has 2 aromatic rings. The van der Waals surface area contributed by atoms with Gasteiger partial charge in [0.05, 0.1) is 17.9 Å². The third-order valence-electron chi connectivity index (χ3n) is 3.44. The predicted molar refractivity (Wildman–Crippen MR) is 86.3 cm³/mol. The van der Waals surface area contributed by atoms with Crippen LogP contribution in [-0.4, -0.2) is 35.9 Å². The van der Waals surface area contributed by atoms with Crippen molar-refractivity contribution in [1.82, 2.24) is 4.90 Å². The summed E-state index contributed by atoms with van der Waals surface area (Å²) in [5.41, 5.74) is 0.698. The van der Waals surface area contributed by atoms with Gasteiger partial charge in [-0.1, -0.05) is 12.1 Å².